The Morgan fingerprint density at radius 2 is 2.12 bits per heavy atom. The van der Waals surface area contributed by atoms with E-state index < -0.39 is 0 Å². The minimum absolute atomic E-state index is 0.00659. The first-order valence-electron chi connectivity index (χ1n) is 7.79. The molecule has 3 rings (SSSR count). The molecule has 0 aliphatic rings. The van der Waals surface area contributed by atoms with Crippen molar-refractivity contribution in [1.29, 1.82) is 0 Å². The van der Waals surface area contributed by atoms with Gasteiger partial charge in [-0.25, -0.2) is 4.98 Å². The van der Waals surface area contributed by atoms with Crippen LogP contribution in [0, 0.1) is 0 Å². The van der Waals surface area contributed by atoms with Crippen molar-refractivity contribution in [1.82, 2.24) is 15.2 Å². The average molecular weight is 425 g/mol. The maximum Gasteiger partial charge on any atom is 0.230 e. The van der Waals surface area contributed by atoms with Crippen molar-refractivity contribution in [3.05, 3.63) is 44.8 Å². The number of carbonyl (C=O) groups is 1. The molecule has 136 valence electrons. The standard InChI is InChI=1S/C17H17ClN4OS3/c1-17(2,3)15-21-11(8-24-15)7-14(23)20-10-4-5-13(12(18)6-10)26-16-22-19-9-25-16/h4-6,8-9H,7H2,1-3H3,(H,20,23). The zero-order chi connectivity index (χ0) is 18.7. The number of rotatable bonds is 5. The molecule has 0 saturated carbocycles. The second kappa shape index (κ2) is 8.04. The summed E-state index contributed by atoms with van der Waals surface area (Å²) in [5.74, 6) is -0.114. The number of hydrogen-bond acceptors (Lipinski definition) is 7. The second-order valence-corrected chi connectivity index (χ2v) is 9.96. The molecular weight excluding hydrogens is 408 g/mol. The third-order valence-electron chi connectivity index (χ3n) is 3.29. The third-order valence-corrected chi connectivity index (χ3v) is 6.88. The van der Waals surface area contributed by atoms with Crippen molar-refractivity contribution in [2.24, 2.45) is 0 Å². The fourth-order valence-electron chi connectivity index (χ4n) is 2.07. The number of anilines is 1. The molecule has 0 aliphatic carbocycles. The molecule has 26 heavy (non-hydrogen) atoms. The van der Waals surface area contributed by atoms with E-state index in [-0.39, 0.29) is 17.7 Å². The van der Waals surface area contributed by atoms with Gasteiger partial charge in [0.05, 0.1) is 22.1 Å². The van der Waals surface area contributed by atoms with E-state index in [2.05, 4.69) is 41.3 Å². The number of thiazole rings is 1. The lowest BCUT2D eigenvalue weighted by Crippen LogP contribution is -2.15. The van der Waals surface area contributed by atoms with Crippen molar-refractivity contribution in [3.8, 4) is 0 Å². The molecule has 5 nitrogen and oxygen atoms in total. The molecule has 0 aliphatic heterocycles. The molecule has 0 saturated heterocycles. The van der Waals surface area contributed by atoms with Gasteiger partial charge in [0.2, 0.25) is 5.91 Å². The van der Waals surface area contributed by atoms with Crippen LogP contribution >= 0.6 is 46.0 Å². The summed E-state index contributed by atoms with van der Waals surface area (Å²) in [5.41, 5.74) is 3.11. The van der Waals surface area contributed by atoms with Gasteiger partial charge in [0.15, 0.2) is 4.34 Å². The van der Waals surface area contributed by atoms with Crippen LogP contribution in [0.25, 0.3) is 0 Å². The number of halogens is 1. The number of aromatic nitrogens is 3. The van der Waals surface area contributed by atoms with Crippen LogP contribution in [0.3, 0.4) is 0 Å². The maximum atomic E-state index is 12.3. The minimum atomic E-state index is -0.114. The van der Waals surface area contributed by atoms with Gasteiger partial charge >= 0.3 is 0 Å². The van der Waals surface area contributed by atoms with Gasteiger partial charge in [-0.05, 0) is 18.2 Å². The van der Waals surface area contributed by atoms with Crippen LogP contribution in [0.15, 0.2) is 38.3 Å². The smallest absolute Gasteiger partial charge is 0.230 e. The Morgan fingerprint density at radius 3 is 2.73 bits per heavy atom. The third kappa shape index (κ3) is 5.03. The largest absolute Gasteiger partial charge is 0.326 e. The van der Waals surface area contributed by atoms with Crippen molar-refractivity contribution >= 4 is 57.6 Å². The van der Waals surface area contributed by atoms with Gasteiger partial charge in [0.25, 0.3) is 0 Å². The van der Waals surface area contributed by atoms with E-state index in [0.29, 0.717) is 10.7 Å². The summed E-state index contributed by atoms with van der Waals surface area (Å²) in [6, 6.07) is 5.43. The first kappa shape index (κ1) is 19.3. The lowest BCUT2D eigenvalue weighted by molar-refractivity contribution is -0.115. The van der Waals surface area contributed by atoms with Crippen molar-refractivity contribution in [3.63, 3.8) is 0 Å². The topological polar surface area (TPSA) is 67.8 Å². The number of hydrogen-bond donors (Lipinski definition) is 1. The lowest BCUT2D eigenvalue weighted by Gasteiger charge is -2.13. The fourth-order valence-corrected chi connectivity index (χ4v) is 4.71. The van der Waals surface area contributed by atoms with Gasteiger partial charge in [0.1, 0.15) is 5.51 Å². The number of nitrogens with zero attached hydrogens (tertiary/aromatic N) is 3. The number of nitrogens with one attached hydrogen (secondary N) is 1. The van der Waals surface area contributed by atoms with E-state index >= 15 is 0 Å². The van der Waals surface area contributed by atoms with Crippen LogP contribution in [0.4, 0.5) is 5.69 Å². The van der Waals surface area contributed by atoms with E-state index in [1.165, 1.54) is 23.1 Å². The Hall–Kier alpha value is -1.48. The van der Waals surface area contributed by atoms with Gasteiger partial charge in [-0.15, -0.1) is 21.5 Å². The normalized spacial score (nSPS) is 11.5. The summed E-state index contributed by atoms with van der Waals surface area (Å²) in [5, 5.41) is 14.2. The summed E-state index contributed by atoms with van der Waals surface area (Å²) in [7, 11) is 0. The van der Waals surface area contributed by atoms with Gasteiger partial charge in [-0.1, -0.05) is 55.5 Å². The van der Waals surface area contributed by atoms with E-state index in [0.717, 1.165) is 19.9 Å². The molecule has 0 atom stereocenters. The van der Waals surface area contributed by atoms with Gasteiger partial charge in [-0.2, -0.15) is 0 Å². The molecule has 0 unspecified atom stereocenters. The highest BCUT2D eigenvalue weighted by atomic mass is 35.5. The fraction of sp³-hybridized carbons (Fsp3) is 0.294. The van der Waals surface area contributed by atoms with Crippen LogP contribution < -0.4 is 5.32 Å². The van der Waals surface area contributed by atoms with E-state index in [4.69, 9.17) is 11.6 Å². The van der Waals surface area contributed by atoms with Crippen molar-refractivity contribution in [2.45, 2.75) is 41.8 Å². The first-order chi connectivity index (χ1) is 12.3. The summed E-state index contributed by atoms with van der Waals surface area (Å²) in [6.45, 7) is 6.33. The molecule has 1 aromatic carbocycles. The van der Waals surface area contributed by atoms with E-state index in [9.17, 15) is 4.79 Å². The molecule has 1 amide bonds. The average Bonchev–Trinajstić information content (AvgIpc) is 3.21. The Kier molecular flexibility index (Phi) is 5.96. The number of amides is 1. The van der Waals surface area contributed by atoms with Gasteiger partial charge < -0.3 is 5.32 Å². The molecule has 1 N–H and O–H groups in total. The highest BCUT2D eigenvalue weighted by Crippen LogP contribution is 2.35. The molecule has 9 heteroatoms. The monoisotopic (exact) mass is 424 g/mol. The van der Waals surface area contributed by atoms with Gasteiger partial charge in [-0.3, -0.25) is 4.79 Å². The van der Waals surface area contributed by atoms with Crippen molar-refractivity contribution in [2.75, 3.05) is 5.32 Å². The molecule has 3 aromatic rings. The predicted octanol–water partition coefficient (Wildman–Crippen LogP) is 5.28. The zero-order valence-electron chi connectivity index (χ0n) is 14.4. The summed E-state index contributed by atoms with van der Waals surface area (Å²) in [4.78, 5) is 17.7. The summed E-state index contributed by atoms with van der Waals surface area (Å²) >= 11 is 10.8. The van der Waals surface area contributed by atoms with Crippen LogP contribution in [0.5, 0.6) is 0 Å². The van der Waals surface area contributed by atoms with E-state index in [1.54, 1.807) is 22.9 Å². The quantitative estimate of drug-likeness (QED) is 0.603. The minimum Gasteiger partial charge on any atom is -0.326 e. The molecule has 2 heterocycles. The van der Waals surface area contributed by atoms with Crippen LogP contribution in [-0.4, -0.2) is 21.1 Å². The van der Waals surface area contributed by atoms with Crippen LogP contribution in [-0.2, 0) is 16.6 Å². The molecule has 0 radical (unpaired) electrons. The molecule has 2 aromatic heterocycles. The molecule has 0 fully saturated rings. The summed E-state index contributed by atoms with van der Waals surface area (Å²) < 4.78 is 0.821. The molecule has 0 spiro atoms. The second-order valence-electron chi connectivity index (χ2n) is 6.57. The first-order valence-corrected chi connectivity index (χ1v) is 10.7. The Labute approximate surface area is 169 Å². The van der Waals surface area contributed by atoms with Crippen LogP contribution in [0.1, 0.15) is 31.5 Å². The predicted molar refractivity (Wildman–Crippen MR) is 109 cm³/mol. The van der Waals surface area contributed by atoms with Crippen LogP contribution in [0.2, 0.25) is 5.02 Å². The number of benzene rings is 1. The molecule has 0 bridgehead atoms. The Bertz CT molecular complexity index is 903. The number of carbonyl (C=O) groups excluding carboxylic acids is 1. The Morgan fingerprint density at radius 1 is 1.31 bits per heavy atom. The Balaban J connectivity index is 1.62. The maximum absolute atomic E-state index is 12.3. The van der Waals surface area contributed by atoms with Gasteiger partial charge in [0, 0.05) is 21.4 Å². The molecular formula is C17H17ClN4OS3. The van der Waals surface area contributed by atoms with Crippen molar-refractivity contribution < 1.29 is 4.79 Å². The summed E-state index contributed by atoms with van der Waals surface area (Å²) in [6.07, 6.45) is 0.242. The zero-order valence-corrected chi connectivity index (χ0v) is 17.7. The van der Waals surface area contributed by atoms with E-state index in [1.807, 2.05) is 17.5 Å². The lowest BCUT2D eigenvalue weighted by atomic mass is 9.98. The highest BCUT2D eigenvalue weighted by Gasteiger charge is 2.19. The highest BCUT2D eigenvalue weighted by molar-refractivity contribution is 8.01. The SMILES string of the molecule is CC(C)(C)c1nc(CC(=O)Nc2ccc(Sc3nncs3)c(Cl)c2)cs1.